The number of hydrogen-bond acceptors (Lipinski definition) is 4. The van der Waals surface area contributed by atoms with Crippen molar-refractivity contribution in [3.63, 3.8) is 0 Å². The van der Waals surface area contributed by atoms with Gasteiger partial charge in [-0.1, -0.05) is 12.1 Å². The highest BCUT2D eigenvalue weighted by Crippen LogP contribution is 2.30. The molecule has 0 aliphatic rings. The fourth-order valence-corrected chi connectivity index (χ4v) is 1.43. The molecule has 0 radical (unpaired) electrons. The van der Waals surface area contributed by atoms with Gasteiger partial charge < -0.3 is 14.3 Å². The molecule has 1 aromatic carbocycles. The molecule has 82 valence electrons. The lowest BCUT2D eigenvalue weighted by atomic mass is 10.1. The van der Waals surface area contributed by atoms with E-state index in [1.807, 2.05) is 0 Å². The second kappa shape index (κ2) is 4.06. The largest absolute Gasteiger partial charge is 0.496 e. The number of nitrogens with zero attached hydrogens (tertiary/aromatic N) is 1. The average Bonchev–Trinajstić information content (AvgIpc) is 2.77. The minimum atomic E-state index is -1.15. The van der Waals surface area contributed by atoms with Crippen LogP contribution in [0.15, 0.2) is 35.1 Å². The van der Waals surface area contributed by atoms with Crippen LogP contribution in [0.25, 0.3) is 11.3 Å². The molecule has 0 unspecified atom stereocenters. The Kier molecular flexibility index (Phi) is 2.59. The fourth-order valence-electron chi connectivity index (χ4n) is 1.43. The first kappa shape index (κ1) is 10.2. The predicted octanol–water partition coefficient (Wildman–Crippen LogP) is 2.05. The van der Waals surface area contributed by atoms with E-state index in [9.17, 15) is 4.79 Å². The van der Waals surface area contributed by atoms with Crippen LogP contribution in [0.1, 0.15) is 10.6 Å². The van der Waals surface area contributed by atoms with Crippen LogP contribution >= 0.6 is 0 Å². The highest BCUT2D eigenvalue weighted by Gasteiger charge is 2.19. The molecular weight excluding hydrogens is 210 g/mol. The van der Waals surface area contributed by atoms with E-state index in [-0.39, 0.29) is 11.5 Å². The van der Waals surface area contributed by atoms with Crippen LogP contribution in [0.5, 0.6) is 5.75 Å². The van der Waals surface area contributed by atoms with Crippen molar-refractivity contribution in [2.75, 3.05) is 7.11 Å². The summed E-state index contributed by atoms with van der Waals surface area (Å²) in [5, 5.41) is 8.90. The number of ether oxygens (including phenoxy) is 1. The minimum absolute atomic E-state index is 0.190. The number of oxazole rings is 1. The number of rotatable bonds is 3. The number of carboxylic acids is 1. The van der Waals surface area contributed by atoms with Crippen LogP contribution in [0, 0.1) is 0 Å². The van der Waals surface area contributed by atoms with Gasteiger partial charge in [0.1, 0.15) is 11.4 Å². The molecule has 2 rings (SSSR count). The van der Waals surface area contributed by atoms with E-state index in [4.69, 9.17) is 14.3 Å². The van der Waals surface area contributed by atoms with Gasteiger partial charge in [-0.2, -0.15) is 0 Å². The zero-order chi connectivity index (χ0) is 11.5. The van der Waals surface area contributed by atoms with E-state index in [1.54, 1.807) is 24.3 Å². The molecule has 16 heavy (non-hydrogen) atoms. The summed E-state index contributed by atoms with van der Waals surface area (Å²) in [5.41, 5.74) is 0.862. The Labute approximate surface area is 91.3 Å². The Bertz CT molecular complexity index is 518. The summed E-state index contributed by atoms with van der Waals surface area (Å²) in [4.78, 5) is 14.8. The van der Waals surface area contributed by atoms with E-state index in [0.717, 1.165) is 6.39 Å². The summed E-state index contributed by atoms with van der Waals surface area (Å²) in [6.45, 7) is 0. The summed E-state index contributed by atoms with van der Waals surface area (Å²) in [5.74, 6) is -0.790. The van der Waals surface area contributed by atoms with Gasteiger partial charge in [0.15, 0.2) is 6.39 Å². The molecule has 2 aromatic rings. The van der Waals surface area contributed by atoms with E-state index in [2.05, 4.69) is 4.98 Å². The van der Waals surface area contributed by atoms with Gasteiger partial charge in [-0.05, 0) is 12.1 Å². The van der Waals surface area contributed by atoms with Crippen LogP contribution in [0.4, 0.5) is 0 Å². The third-order valence-corrected chi connectivity index (χ3v) is 2.12. The third kappa shape index (κ3) is 1.63. The molecule has 0 aliphatic carbocycles. The molecule has 5 heteroatoms. The Balaban J connectivity index is 2.58. The van der Waals surface area contributed by atoms with E-state index in [0.29, 0.717) is 11.3 Å². The molecule has 0 saturated carbocycles. The predicted molar refractivity (Wildman–Crippen MR) is 55.5 cm³/mol. The van der Waals surface area contributed by atoms with Gasteiger partial charge in [-0.3, -0.25) is 0 Å². The Hall–Kier alpha value is -2.30. The monoisotopic (exact) mass is 219 g/mol. The van der Waals surface area contributed by atoms with Crippen molar-refractivity contribution < 1.29 is 19.1 Å². The summed E-state index contributed by atoms with van der Waals surface area (Å²) in [6.07, 6.45) is 1.10. The number of aromatic carboxylic acids is 1. The molecule has 0 fully saturated rings. The van der Waals surface area contributed by atoms with Gasteiger partial charge >= 0.3 is 5.97 Å². The lowest BCUT2D eigenvalue weighted by molar-refractivity contribution is 0.0663. The molecule has 1 aromatic heterocycles. The minimum Gasteiger partial charge on any atom is -0.496 e. The van der Waals surface area contributed by atoms with Gasteiger partial charge in [0.2, 0.25) is 5.76 Å². The molecule has 1 N–H and O–H groups in total. The number of aromatic nitrogens is 1. The van der Waals surface area contributed by atoms with Crippen molar-refractivity contribution in [2.24, 2.45) is 0 Å². The maximum atomic E-state index is 10.9. The molecule has 0 bridgehead atoms. The fraction of sp³-hybridized carbons (Fsp3) is 0.0909. The van der Waals surface area contributed by atoms with Crippen molar-refractivity contribution >= 4 is 5.97 Å². The lowest BCUT2D eigenvalue weighted by Crippen LogP contribution is -1.97. The topological polar surface area (TPSA) is 72.6 Å². The number of benzene rings is 1. The quantitative estimate of drug-likeness (QED) is 0.855. The molecule has 0 saturated heterocycles. The second-order valence-electron chi connectivity index (χ2n) is 3.04. The number of para-hydroxylation sites is 1. The summed E-state index contributed by atoms with van der Waals surface area (Å²) < 4.78 is 9.94. The zero-order valence-electron chi connectivity index (χ0n) is 8.51. The summed E-state index contributed by atoms with van der Waals surface area (Å²) in [6, 6.07) is 7.03. The Morgan fingerprint density at radius 3 is 2.88 bits per heavy atom. The lowest BCUT2D eigenvalue weighted by Gasteiger charge is -2.05. The van der Waals surface area contributed by atoms with E-state index >= 15 is 0 Å². The molecule has 1 heterocycles. The Morgan fingerprint density at radius 1 is 1.44 bits per heavy atom. The molecule has 0 atom stereocenters. The number of carboxylic acid groups (broad SMARTS) is 1. The van der Waals surface area contributed by atoms with Crippen molar-refractivity contribution in [1.82, 2.24) is 4.98 Å². The van der Waals surface area contributed by atoms with Gasteiger partial charge in [0.25, 0.3) is 0 Å². The highest BCUT2D eigenvalue weighted by molar-refractivity contribution is 5.92. The number of carbonyl (C=O) groups is 1. The summed E-state index contributed by atoms with van der Waals surface area (Å²) in [7, 11) is 1.51. The number of methoxy groups -OCH3 is 1. The maximum absolute atomic E-state index is 10.9. The van der Waals surface area contributed by atoms with E-state index < -0.39 is 5.97 Å². The first-order chi connectivity index (χ1) is 7.74. The molecule has 0 amide bonds. The van der Waals surface area contributed by atoms with Gasteiger partial charge in [0.05, 0.1) is 7.11 Å². The molecule has 0 aliphatic heterocycles. The summed E-state index contributed by atoms with van der Waals surface area (Å²) >= 11 is 0. The first-order valence-electron chi connectivity index (χ1n) is 4.54. The smallest absolute Gasteiger partial charge is 0.374 e. The van der Waals surface area contributed by atoms with E-state index in [1.165, 1.54) is 7.11 Å². The van der Waals surface area contributed by atoms with Crippen molar-refractivity contribution in [3.05, 3.63) is 36.4 Å². The zero-order valence-corrected chi connectivity index (χ0v) is 8.51. The van der Waals surface area contributed by atoms with Crippen LogP contribution < -0.4 is 4.74 Å². The van der Waals surface area contributed by atoms with Crippen molar-refractivity contribution in [2.45, 2.75) is 0 Å². The standard InChI is InChI=1S/C11H9NO4/c1-15-8-5-3-2-4-7(8)9-10(11(13)14)16-6-12-9/h2-6H,1H3,(H,13,14). The molecule has 0 spiro atoms. The normalized spacial score (nSPS) is 10.1. The average molecular weight is 219 g/mol. The van der Waals surface area contributed by atoms with Crippen LogP contribution in [0.3, 0.4) is 0 Å². The maximum Gasteiger partial charge on any atom is 0.374 e. The molecule has 5 nitrogen and oxygen atoms in total. The van der Waals surface area contributed by atoms with Crippen LogP contribution in [-0.2, 0) is 0 Å². The van der Waals surface area contributed by atoms with Gasteiger partial charge in [0, 0.05) is 5.56 Å². The van der Waals surface area contributed by atoms with Crippen molar-refractivity contribution in [3.8, 4) is 17.0 Å². The Morgan fingerprint density at radius 2 is 2.19 bits per heavy atom. The van der Waals surface area contributed by atoms with Crippen molar-refractivity contribution in [1.29, 1.82) is 0 Å². The number of hydrogen-bond donors (Lipinski definition) is 1. The van der Waals surface area contributed by atoms with Gasteiger partial charge in [-0.15, -0.1) is 0 Å². The second-order valence-corrected chi connectivity index (χ2v) is 3.04. The molecular formula is C11H9NO4. The SMILES string of the molecule is COc1ccccc1-c1ncoc1C(=O)O. The van der Waals surface area contributed by atoms with Crippen LogP contribution in [0.2, 0.25) is 0 Å². The highest BCUT2D eigenvalue weighted by atomic mass is 16.5. The van der Waals surface area contributed by atoms with Crippen LogP contribution in [-0.4, -0.2) is 23.2 Å². The first-order valence-corrected chi connectivity index (χ1v) is 4.54. The third-order valence-electron chi connectivity index (χ3n) is 2.12. The van der Waals surface area contributed by atoms with Gasteiger partial charge in [-0.25, -0.2) is 9.78 Å².